The van der Waals surface area contributed by atoms with E-state index in [9.17, 15) is 4.79 Å². The maximum absolute atomic E-state index is 11.7. The van der Waals surface area contributed by atoms with E-state index in [0.717, 1.165) is 19.3 Å². The summed E-state index contributed by atoms with van der Waals surface area (Å²) in [4.78, 5) is 13.7. The Bertz CT molecular complexity index is 253. The number of hydrogen-bond donors (Lipinski definition) is 1. The molecule has 0 saturated carbocycles. The van der Waals surface area contributed by atoms with Gasteiger partial charge in [0, 0.05) is 6.04 Å². The molecule has 1 fully saturated rings. The van der Waals surface area contributed by atoms with Crippen LogP contribution in [-0.2, 0) is 4.79 Å². The average molecular weight is 217 g/mol. The van der Waals surface area contributed by atoms with Crippen molar-refractivity contribution in [3.63, 3.8) is 0 Å². The molecule has 2 aliphatic heterocycles. The lowest BCUT2D eigenvalue weighted by atomic mass is 10.1. The van der Waals surface area contributed by atoms with Gasteiger partial charge in [-0.2, -0.15) is 0 Å². The van der Waals surface area contributed by atoms with Crippen LogP contribution in [0.2, 0.25) is 0 Å². The van der Waals surface area contributed by atoms with E-state index in [2.05, 4.69) is 12.2 Å². The summed E-state index contributed by atoms with van der Waals surface area (Å²) in [6.07, 6.45) is 7.59. The zero-order valence-corrected chi connectivity index (χ0v) is 9.17. The van der Waals surface area contributed by atoms with Crippen LogP contribution in [0.15, 0.2) is 12.2 Å². The van der Waals surface area contributed by atoms with Gasteiger partial charge in [0.15, 0.2) is 0 Å². The van der Waals surface area contributed by atoms with Crippen molar-refractivity contribution in [3.05, 3.63) is 12.2 Å². The van der Waals surface area contributed by atoms with Gasteiger partial charge in [0.05, 0.1) is 12.1 Å². The lowest BCUT2D eigenvalue weighted by Gasteiger charge is -2.32. The first-order valence-corrected chi connectivity index (χ1v) is 4.94. The van der Waals surface area contributed by atoms with Crippen LogP contribution >= 0.6 is 12.4 Å². The molecule has 2 unspecified atom stereocenters. The van der Waals surface area contributed by atoms with Gasteiger partial charge in [-0.1, -0.05) is 12.2 Å². The summed E-state index contributed by atoms with van der Waals surface area (Å²) in [5.41, 5.74) is 5.60. The molecule has 0 aromatic carbocycles. The van der Waals surface area contributed by atoms with E-state index in [1.165, 1.54) is 0 Å². The highest BCUT2D eigenvalue weighted by atomic mass is 35.5. The summed E-state index contributed by atoms with van der Waals surface area (Å²) in [6, 6.07) is 0.403. The Morgan fingerprint density at radius 2 is 2.29 bits per heavy atom. The second-order valence-corrected chi connectivity index (χ2v) is 4.00. The first-order valence-electron chi connectivity index (χ1n) is 4.94. The number of nitrogens with two attached hydrogens (primary N) is 1. The van der Waals surface area contributed by atoms with Crippen molar-refractivity contribution in [2.45, 2.75) is 44.3 Å². The van der Waals surface area contributed by atoms with E-state index in [4.69, 9.17) is 5.73 Å². The molecule has 0 aromatic heterocycles. The minimum Gasteiger partial charge on any atom is -0.332 e. The van der Waals surface area contributed by atoms with Crippen molar-refractivity contribution in [2.75, 3.05) is 0 Å². The fourth-order valence-electron chi connectivity index (χ4n) is 2.30. The molecule has 14 heavy (non-hydrogen) atoms. The van der Waals surface area contributed by atoms with Crippen LogP contribution < -0.4 is 5.73 Å². The Labute approximate surface area is 90.7 Å². The predicted molar refractivity (Wildman–Crippen MR) is 58.3 cm³/mol. The highest BCUT2D eigenvalue weighted by Crippen LogP contribution is 2.31. The highest BCUT2D eigenvalue weighted by Gasteiger charge is 2.37. The molecular formula is C10H17ClN2O. The summed E-state index contributed by atoms with van der Waals surface area (Å²) >= 11 is 0. The zero-order chi connectivity index (χ0) is 9.42. The molecule has 80 valence electrons. The largest absolute Gasteiger partial charge is 0.332 e. The van der Waals surface area contributed by atoms with Gasteiger partial charge in [0.25, 0.3) is 0 Å². The number of carbonyl (C=O) groups excluding carboxylic acids is 1. The van der Waals surface area contributed by atoms with Gasteiger partial charge in [0.2, 0.25) is 5.91 Å². The van der Waals surface area contributed by atoms with E-state index in [-0.39, 0.29) is 24.4 Å². The topological polar surface area (TPSA) is 46.3 Å². The van der Waals surface area contributed by atoms with E-state index in [0.29, 0.717) is 12.1 Å². The summed E-state index contributed by atoms with van der Waals surface area (Å²) in [5.74, 6) is 0.108. The second kappa shape index (κ2) is 4.32. The van der Waals surface area contributed by atoms with Crippen molar-refractivity contribution < 1.29 is 4.79 Å². The molecule has 2 aliphatic rings. The van der Waals surface area contributed by atoms with Crippen LogP contribution in [0.25, 0.3) is 0 Å². The fraction of sp³-hybridized carbons (Fsp3) is 0.700. The van der Waals surface area contributed by atoms with Crippen LogP contribution in [0.5, 0.6) is 0 Å². The maximum atomic E-state index is 11.7. The lowest BCUT2D eigenvalue weighted by molar-refractivity contribution is -0.134. The number of nitrogens with zero attached hydrogens (tertiary/aromatic N) is 1. The molecule has 0 aliphatic carbocycles. The summed E-state index contributed by atoms with van der Waals surface area (Å²) in [6.45, 7) is 1.76. The Balaban J connectivity index is 0.000000980. The van der Waals surface area contributed by atoms with Gasteiger partial charge >= 0.3 is 0 Å². The van der Waals surface area contributed by atoms with Gasteiger partial charge < -0.3 is 10.6 Å². The van der Waals surface area contributed by atoms with E-state index in [1.807, 2.05) is 4.90 Å². The molecule has 2 rings (SSSR count). The average Bonchev–Trinajstić information content (AvgIpc) is 2.34. The standard InChI is InChI=1S/C10H16N2O.ClH/c1-7(11)10(13)12-8-3-2-4-9(12)6-5-8;/h2-3,7-9H,4-6,11H2,1H3;1H/t7-,8?,9?;/m1./s1. The molecule has 1 saturated heterocycles. The smallest absolute Gasteiger partial charge is 0.239 e. The van der Waals surface area contributed by atoms with Crippen molar-refractivity contribution in [1.29, 1.82) is 0 Å². The molecule has 4 heteroatoms. The summed E-state index contributed by atoms with van der Waals surface area (Å²) in [5, 5.41) is 0. The molecule has 0 aromatic rings. The van der Waals surface area contributed by atoms with Crippen molar-refractivity contribution in [3.8, 4) is 0 Å². The van der Waals surface area contributed by atoms with Crippen LogP contribution in [0.3, 0.4) is 0 Å². The van der Waals surface area contributed by atoms with Crippen molar-refractivity contribution >= 4 is 18.3 Å². The van der Waals surface area contributed by atoms with Gasteiger partial charge in [0.1, 0.15) is 0 Å². The molecule has 2 bridgehead atoms. The van der Waals surface area contributed by atoms with Crippen molar-refractivity contribution in [2.24, 2.45) is 5.73 Å². The number of fused-ring (bicyclic) bond motifs is 2. The zero-order valence-electron chi connectivity index (χ0n) is 8.35. The molecule has 3 nitrogen and oxygen atoms in total. The number of rotatable bonds is 1. The number of carbonyl (C=O) groups is 1. The maximum Gasteiger partial charge on any atom is 0.239 e. The molecule has 2 heterocycles. The van der Waals surface area contributed by atoms with Crippen LogP contribution in [0.4, 0.5) is 0 Å². The predicted octanol–water partition coefficient (Wildman–Crippen LogP) is 1.07. The van der Waals surface area contributed by atoms with E-state index in [1.54, 1.807) is 6.92 Å². The number of amides is 1. The fourth-order valence-corrected chi connectivity index (χ4v) is 2.30. The Kier molecular flexibility index (Phi) is 3.56. The third-order valence-corrected chi connectivity index (χ3v) is 2.96. The Morgan fingerprint density at radius 3 is 2.86 bits per heavy atom. The monoisotopic (exact) mass is 216 g/mol. The molecule has 3 atom stereocenters. The van der Waals surface area contributed by atoms with E-state index >= 15 is 0 Å². The highest BCUT2D eigenvalue weighted by molar-refractivity contribution is 5.85. The Morgan fingerprint density at radius 1 is 1.57 bits per heavy atom. The number of halogens is 1. The first kappa shape index (κ1) is 11.5. The van der Waals surface area contributed by atoms with Crippen LogP contribution in [-0.4, -0.2) is 28.9 Å². The van der Waals surface area contributed by atoms with Crippen LogP contribution in [0, 0.1) is 0 Å². The third kappa shape index (κ3) is 1.79. The van der Waals surface area contributed by atoms with Gasteiger partial charge in [-0.05, 0) is 26.2 Å². The van der Waals surface area contributed by atoms with Crippen LogP contribution in [0.1, 0.15) is 26.2 Å². The summed E-state index contributed by atoms with van der Waals surface area (Å²) < 4.78 is 0. The minimum atomic E-state index is -0.352. The second-order valence-electron chi connectivity index (χ2n) is 4.00. The molecule has 0 spiro atoms. The molecule has 2 N–H and O–H groups in total. The van der Waals surface area contributed by atoms with E-state index < -0.39 is 0 Å². The SMILES string of the molecule is C[C@@H](N)C(=O)N1C2C=CCC1CC2.Cl. The lowest BCUT2D eigenvalue weighted by Crippen LogP contribution is -2.48. The molecule has 0 radical (unpaired) electrons. The Hall–Kier alpha value is -0.540. The number of hydrogen-bond acceptors (Lipinski definition) is 2. The molecular weight excluding hydrogens is 200 g/mol. The first-order chi connectivity index (χ1) is 6.20. The quantitative estimate of drug-likeness (QED) is 0.667. The minimum absolute atomic E-state index is 0. The normalized spacial score (nSPS) is 31.1. The van der Waals surface area contributed by atoms with Gasteiger partial charge in [-0.3, -0.25) is 4.79 Å². The van der Waals surface area contributed by atoms with Crippen molar-refractivity contribution in [1.82, 2.24) is 4.90 Å². The third-order valence-electron chi connectivity index (χ3n) is 2.96. The van der Waals surface area contributed by atoms with Gasteiger partial charge in [-0.15, -0.1) is 12.4 Å². The molecule has 1 amide bonds. The summed E-state index contributed by atoms with van der Waals surface area (Å²) in [7, 11) is 0. The van der Waals surface area contributed by atoms with Gasteiger partial charge in [-0.25, -0.2) is 0 Å².